The van der Waals surface area contributed by atoms with Gasteiger partial charge in [-0.2, -0.15) is 0 Å². The second kappa shape index (κ2) is 4.28. The zero-order valence-electron chi connectivity index (χ0n) is 6.62. The summed E-state index contributed by atoms with van der Waals surface area (Å²) in [5.74, 6) is -0.116. The highest BCUT2D eigenvalue weighted by atomic mass is 127. The van der Waals surface area contributed by atoms with Gasteiger partial charge < -0.3 is 0 Å². The summed E-state index contributed by atoms with van der Waals surface area (Å²) < 4.78 is 15.3. The van der Waals surface area contributed by atoms with Gasteiger partial charge in [-0.1, -0.05) is 0 Å². The van der Waals surface area contributed by atoms with Crippen molar-refractivity contribution in [3.63, 3.8) is 0 Å². The molecule has 0 aliphatic rings. The smallest absolute Gasteiger partial charge is 0.140 e. The van der Waals surface area contributed by atoms with E-state index in [1.807, 2.05) is 12.3 Å². The molecule has 0 aromatic heterocycles. The second-order valence-corrected chi connectivity index (χ2v) is 5.11. The molecule has 0 aliphatic carbocycles. The Kier molecular flexibility index (Phi) is 3.85. The lowest BCUT2D eigenvalue weighted by Gasteiger charge is -2.07. The van der Waals surface area contributed by atoms with E-state index >= 15 is 0 Å². The summed E-state index contributed by atoms with van der Waals surface area (Å²) in [5, 5.41) is 0. The van der Waals surface area contributed by atoms with Crippen LogP contribution in [0.15, 0.2) is 15.4 Å². The molecule has 0 atom stereocenters. The second-order valence-electron chi connectivity index (χ2n) is 2.34. The standard InChI is InChI=1S/C8H7BrFIS/c1-4-3-5(11)6(9)8(12-2)7(4)10/h3H,1-2H3. The van der Waals surface area contributed by atoms with Crippen LogP contribution in [0.1, 0.15) is 5.56 Å². The Morgan fingerprint density at radius 2 is 2.17 bits per heavy atom. The quantitative estimate of drug-likeness (QED) is 0.410. The van der Waals surface area contributed by atoms with Crippen LogP contribution in [0.5, 0.6) is 0 Å². The highest BCUT2D eigenvalue weighted by Crippen LogP contribution is 2.34. The zero-order chi connectivity index (χ0) is 9.30. The monoisotopic (exact) mass is 360 g/mol. The molecule has 0 N–H and O–H groups in total. The minimum absolute atomic E-state index is 0.116. The van der Waals surface area contributed by atoms with Crippen molar-refractivity contribution in [3.05, 3.63) is 25.5 Å². The number of rotatable bonds is 1. The van der Waals surface area contributed by atoms with Crippen molar-refractivity contribution < 1.29 is 4.39 Å². The summed E-state index contributed by atoms with van der Waals surface area (Å²) in [4.78, 5) is 0.694. The molecule has 0 radical (unpaired) electrons. The molecule has 0 bridgehead atoms. The Balaban J connectivity index is 3.42. The summed E-state index contributed by atoms with van der Waals surface area (Å²) in [6.07, 6.45) is 1.87. The van der Waals surface area contributed by atoms with Gasteiger partial charge in [0.15, 0.2) is 0 Å². The normalized spacial score (nSPS) is 10.4. The van der Waals surface area contributed by atoms with E-state index in [1.54, 1.807) is 6.92 Å². The Hall–Kier alpha value is 0.710. The molecule has 12 heavy (non-hydrogen) atoms. The van der Waals surface area contributed by atoms with Crippen LogP contribution in [-0.4, -0.2) is 6.26 Å². The number of hydrogen-bond donors (Lipinski definition) is 0. The van der Waals surface area contributed by atoms with Crippen molar-refractivity contribution in [2.45, 2.75) is 11.8 Å². The third-order valence-corrected chi connectivity index (χ3v) is 4.97. The van der Waals surface area contributed by atoms with E-state index in [9.17, 15) is 4.39 Å². The van der Waals surface area contributed by atoms with Gasteiger partial charge in [0.2, 0.25) is 0 Å². The first-order chi connectivity index (χ1) is 5.57. The van der Waals surface area contributed by atoms with E-state index in [4.69, 9.17) is 0 Å². The van der Waals surface area contributed by atoms with Crippen LogP contribution in [0.3, 0.4) is 0 Å². The molecule has 66 valence electrons. The van der Waals surface area contributed by atoms with E-state index in [1.165, 1.54) is 11.8 Å². The maximum atomic E-state index is 13.4. The Labute approximate surface area is 97.6 Å². The minimum Gasteiger partial charge on any atom is -0.205 e. The summed E-state index contributed by atoms with van der Waals surface area (Å²) in [6.45, 7) is 1.78. The molecule has 0 heterocycles. The summed E-state index contributed by atoms with van der Waals surface area (Å²) in [6, 6.07) is 1.83. The van der Waals surface area contributed by atoms with E-state index in [-0.39, 0.29) is 5.82 Å². The molecular formula is C8H7BrFIS. The molecule has 0 nitrogen and oxygen atoms in total. The third kappa shape index (κ3) is 1.96. The van der Waals surface area contributed by atoms with Crippen LogP contribution >= 0.6 is 50.3 Å². The fraction of sp³-hybridized carbons (Fsp3) is 0.250. The van der Waals surface area contributed by atoms with Gasteiger partial charge in [0.05, 0.1) is 4.90 Å². The molecule has 1 aromatic rings. The van der Waals surface area contributed by atoms with Crippen molar-refractivity contribution >= 4 is 50.3 Å². The average Bonchev–Trinajstić information content (AvgIpc) is 2.02. The molecular weight excluding hydrogens is 354 g/mol. The van der Waals surface area contributed by atoms with Gasteiger partial charge in [-0.25, -0.2) is 4.39 Å². The molecule has 1 aromatic carbocycles. The largest absolute Gasteiger partial charge is 0.205 e. The molecule has 0 unspecified atom stereocenters. The van der Waals surface area contributed by atoms with Gasteiger partial charge in [0, 0.05) is 8.04 Å². The highest BCUT2D eigenvalue weighted by molar-refractivity contribution is 14.1. The van der Waals surface area contributed by atoms with Gasteiger partial charge in [0.1, 0.15) is 5.82 Å². The van der Waals surface area contributed by atoms with Crippen LogP contribution in [-0.2, 0) is 0 Å². The van der Waals surface area contributed by atoms with Gasteiger partial charge in [0.25, 0.3) is 0 Å². The number of halogens is 3. The molecule has 0 aliphatic heterocycles. The zero-order valence-corrected chi connectivity index (χ0v) is 11.2. The van der Waals surface area contributed by atoms with Crippen molar-refractivity contribution in [2.75, 3.05) is 6.26 Å². The maximum absolute atomic E-state index is 13.4. The molecule has 0 saturated heterocycles. The van der Waals surface area contributed by atoms with Gasteiger partial charge >= 0.3 is 0 Å². The van der Waals surface area contributed by atoms with Crippen molar-refractivity contribution in [1.82, 2.24) is 0 Å². The van der Waals surface area contributed by atoms with Gasteiger partial charge in [-0.15, -0.1) is 11.8 Å². The van der Waals surface area contributed by atoms with Crippen LogP contribution in [0.2, 0.25) is 0 Å². The third-order valence-electron chi connectivity index (χ3n) is 1.50. The SMILES string of the molecule is CSc1c(F)c(C)cc(I)c1Br. The van der Waals surface area contributed by atoms with E-state index in [0.29, 0.717) is 10.5 Å². The van der Waals surface area contributed by atoms with E-state index in [2.05, 4.69) is 38.5 Å². The summed E-state index contributed by atoms with van der Waals surface area (Å²) in [7, 11) is 0. The average molecular weight is 361 g/mol. The first kappa shape index (κ1) is 10.8. The van der Waals surface area contributed by atoms with Crippen molar-refractivity contribution in [2.24, 2.45) is 0 Å². The predicted molar refractivity (Wildman–Crippen MR) is 63.3 cm³/mol. The van der Waals surface area contributed by atoms with E-state index < -0.39 is 0 Å². The first-order valence-corrected chi connectivity index (χ1v) is 6.35. The fourth-order valence-electron chi connectivity index (χ4n) is 0.880. The summed E-state index contributed by atoms with van der Waals surface area (Å²) >= 11 is 6.97. The summed E-state index contributed by atoms with van der Waals surface area (Å²) in [5.41, 5.74) is 0.701. The minimum atomic E-state index is -0.116. The molecule has 0 fully saturated rings. The fourth-order valence-corrected chi connectivity index (χ4v) is 3.20. The maximum Gasteiger partial charge on any atom is 0.140 e. The van der Waals surface area contributed by atoms with Crippen LogP contribution < -0.4 is 0 Å². The van der Waals surface area contributed by atoms with Crippen LogP contribution in [0.25, 0.3) is 0 Å². The molecule has 0 saturated carbocycles. The van der Waals surface area contributed by atoms with E-state index in [0.717, 1.165) is 8.04 Å². The number of benzene rings is 1. The van der Waals surface area contributed by atoms with Crippen LogP contribution in [0.4, 0.5) is 4.39 Å². The van der Waals surface area contributed by atoms with Crippen molar-refractivity contribution in [1.29, 1.82) is 0 Å². The Morgan fingerprint density at radius 3 is 2.67 bits per heavy atom. The first-order valence-electron chi connectivity index (χ1n) is 3.26. The Morgan fingerprint density at radius 1 is 1.58 bits per heavy atom. The molecule has 4 heteroatoms. The number of aryl methyl sites for hydroxylation is 1. The molecule has 1 rings (SSSR count). The molecule has 0 spiro atoms. The van der Waals surface area contributed by atoms with Gasteiger partial charge in [-0.3, -0.25) is 0 Å². The number of hydrogen-bond acceptors (Lipinski definition) is 1. The van der Waals surface area contributed by atoms with Gasteiger partial charge in [-0.05, 0) is 63.3 Å². The lowest BCUT2D eigenvalue weighted by atomic mass is 10.2. The highest BCUT2D eigenvalue weighted by Gasteiger charge is 2.11. The Bertz CT molecular complexity index is 288. The van der Waals surface area contributed by atoms with Crippen molar-refractivity contribution in [3.8, 4) is 0 Å². The molecule has 0 amide bonds. The lowest BCUT2D eigenvalue weighted by molar-refractivity contribution is 0.590. The lowest BCUT2D eigenvalue weighted by Crippen LogP contribution is -1.90. The van der Waals surface area contributed by atoms with Crippen LogP contribution in [0, 0.1) is 16.3 Å². The number of thioether (sulfide) groups is 1. The predicted octanol–water partition coefficient (Wildman–Crippen LogP) is 4.22. The topological polar surface area (TPSA) is 0 Å².